The highest BCUT2D eigenvalue weighted by Gasteiger charge is 2.26. The summed E-state index contributed by atoms with van der Waals surface area (Å²) < 4.78 is 15.2. The van der Waals surface area contributed by atoms with Gasteiger partial charge in [-0.15, -0.1) is 0 Å². The first-order valence-electron chi connectivity index (χ1n) is 5.50. The van der Waals surface area contributed by atoms with Gasteiger partial charge in [0.1, 0.15) is 0 Å². The number of aryl methyl sites for hydroxylation is 1. The minimum Gasteiger partial charge on any atom is -0.479 e. The van der Waals surface area contributed by atoms with E-state index in [1.165, 1.54) is 0 Å². The van der Waals surface area contributed by atoms with Crippen LogP contribution in [0, 0.1) is 13.8 Å². The van der Waals surface area contributed by atoms with Crippen molar-refractivity contribution in [3.05, 3.63) is 47.3 Å². The molecule has 94 valence electrons. The molecule has 4 nitrogen and oxygen atoms in total. The summed E-state index contributed by atoms with van der Waals surface area (Å²) in [5.74, 6) is -1.49. The molecular formula is C13H13FN2O2. The number of carbonyl (C=O) groups is 1. The maximum Gasteiger partial charge on any atom is 0.343 e. The maximum absolute atomic E-state index is 13.7. The lowest BCUT2D eigenvalue weighted by Gasteiger charge is -2.06. The lowest BCUT2D eigenvalue weighted by Crippen LogP contribution is -2.08. The highest BCUT2D eigenvalue weighted by Crippen LogP contribution is 2.26. The number of hydrogen-bond donors (Lipinski definition) is 1. The summed E-state index contributed by atoms with van der Waals surface area (Å²) in [6.07, 6.45) is -2.04. The van der Waals surface area contributed by atoms with E-state index in [0.29, 0.717) is 11.4 Å². The molecule has 0 radical (unpaired) electrons. The molecule has 2 aromatic rings. The van der Waals surface area contributed by atoms with Crippen molar-refractivity contribution < 1.29 is 14.3 Å². The van der Waals surface area contributed by atoms with E-state index in [2.05, 4.69) is 5.10 Å². The van der Waals surface area contributed by atoms with Gasteiger partial charge in [0.15, 0.2) is 0 Å². The summed E-state index contributed by atoms with van der Waals surface area (Å²) in [5, 5.41) is 12.9. The summed E-state index contributed by atoms with van der Waals surface area (Å²) in [7, 11) is 0. The molecule has 0 fully saturated rings. The van der Waals surface area contributed by atoms with E-state index in [9.17, 15) is 9.18 Å². The third-order valence-corrected chi connectivity index (χ3v) is 2.82. The van der Waals surface area contributed by atoms with Gasteiger partial charge in [-0.2, -0.15) is 5.10 Å². The zero-order valence-corrected chi connectivity index (χ0v) is 10.1. The molecule has 0 bridgehead atoms. The maximum atomic E-state index is 13.7. The van der Waals surface area contributed by atoms with Crippen LogP contribution >= 0.6 is 0 Å². The van der Waals surface area contributed by atoms with Gasteiger partial charge in [0.25, 0.3) is 0 Å². The zero-order valence-electron chi connectivity index (χ0n) is 10.1. The lowest BCUT2D eigenvalue weighted by atomic mass is 10.1. The van der Waals surface area contributed by atoms with Crippen LogP contribution in [0.25, 0.3) is 5.69 Å². The Hall–Kier alpha value is -2.17. The van der Waals surface area contributed by atoms with Crippen LogP contribution in [-0.4, -0.2) is 20.9 Å². The van der Waals surface area contributed by atoms with Gasteiger partial charge in [-0.1, -0.05) is 18.2 Å². The van der Waals surface area contributed by atoms with Gasteiger partial charge in [-0.05, 0) is 26.0 Å². The Bertz CT molecular complexity index is 578. The number of aliphatic carboxylic acids is 1. The van der Waals surface area contributed by atoms with E-state index in [4.69, 9.17) is 5.11 Å². The van der Waals surface area contributed by atoms with Gasteiger partial charge >= 0.3 is 5.97 Å². The molecule has 5 heteroatoms. The van der Waals surface area contributed by atoms with Crippen molar-refractivity contribution in [2.75, 3.05) is 0 Å². The number of carboxylic acids is 1. The summed E-state index contributed by atoms with van der Waals surface area (Å²) >= 11 is 0. The standard InChI is InChI=1S/C13H13FN2O2/c1-8-11(12(14)13(17)18)9(2)16(15-8)10-6-4-3-5-7-10/h3-7,12H,1-2H3,(H,17,18). The van der Waals surface area contributed by atoms with Gasteiger partial charge < -0.3 is 5.11 Å². The Morgan fingerprint density at radius 2 is 1.94 bits per heavy atom. The van der Waals surface area contributed by atoms with E-state index < -0.39 is 12.1 Å². The van der Waals surface area contributed by atoms with E-state index in [1.807, 2.05) is 30.3 Å². The molecule has 0 spiro atoms. The molecule has 0 saturated carbocycles. The van der Waals surface area contributed by atoms with Gasteiger partial charge in [0.05, 0.1) is 11.4 Å². The number of alkyl halides is 1. The molecule has 0 saturated heterocycles. The average Bonchev–Trinajstić information content (AvgIpc) is 2.65. The van der Waals surface area contributed by atoms with Crippen molar-refractivity contribution in [1.29, 1.82) is 0 Å². The third-order valence-electron chi connectivity index (χ3n) is 2.82. The van der Waals surface area contributed by atoms with Crippen LogP contribution in [0.2, 0.25) is 0 Å². The number of carboxylic acid groups (broad SMARTS) is 1. The molecule has 18 heavy (non-hydrogen) atoms. The Kier molecular flexibility index (Phi) is 3.14. The average molecular weight is 248 g/mol. The SMILES string of the molecule is Cc1nn(-c2ccccc2)c(C)c1C(F)C(=O)O. The molecule has 1 atom stereocenters. The van der Waals surface area contributed by atoms with E-state index in [-0.39, 0.29) is 5.56 Å². The molecule has 0 amide bonds. The van der Waals surface area contributed by atoms with Crippen LogP contribution in [0.1, 0.15) is 23.1 Å². The second kappa shape index (κ2) is 4.60. The summed E-state index contributed by atoms with van der Waals surface area (Å²) in [4.78, 5) is 10.7. The predicted molar refractivity (Wildman–Crippen MR) is 64.5 cm³/mol. The second-order valence-corrected chi connectivity index (χ2v) is 4.03. The van der Waals surface area contributed by atoms with Crippen molar-refractivity contribution in [1.82, 2.24) is 9.78 Å². The van der Waals surface area contributed by atoms with Gasteiger partial charge in [-0.25, -0.2) is 13.9 Å². The molecule has 2 rings (SSSR count). The number of nitrogens with zero attached hydrogens (tertiary/aromatic N) is 2. The summed E-state index contributed by atoms with van der Waals surface area (Å²) in [6.45, 7) is 3.27. The fraction of sp³-hybridized carbons (Fsp3) is 0.231. The highest BCUT2D eigenvalue weighted by molar-refractivity contribution is 5.75. The number of halogens is 1. The van der Waals surface area contributed by atoms with Crippen molar-refractivity contribution >= 4 is 5.97 Å². The van der Waals surface area contributed by atoms with Crippen molar-refractivity contribution in [3.8, 4) is 5.69 Å². The van der Waals surface area contributed by atoms with Gasteiger partial charge in [-0.3, -0.25) is 0 Å². The first-order chi connectivity index (χ1) is 8.52. The Morgan fingerprint density at radius 1 is 1.33 bits per heavy atom. The Morgan fingerprint density at radius 3 is 2.50 bits per heavy atom. The minimum absolute atomic E-state index is 0.131. The topological polar surface area (TPSA) is 55.1 Å². The third kappa shape index (κ3) is 1.99. The first-order valence-corrected chi connectivity index (χ1v) is 5.50. The minimum atomic E-state index is -2.04. The molecule has 0 aliphatic heterocycles. The first kappa shape index (κ1) is 12.3. The summed E-state index contributed by atoms with van der Waals surface area (Å²) in [5.41, 5.74) is 1.81. The predicted octanol–water partition coefficient (Wildman–Crippen LogP) is 2.58. The zero-order chi connectivity index (χ0) is 13.3. The van der Waals surface area contributed by atoms with E-state index in [0.717, 1.165) is 5.69 Å². The monoisotopic (exact) mass is 248 g/mol. The second-order valence-electron chi connectivity index (χ2n) is 4.03. The molecule has 1 unspecified atom stereocenters. The van der Waals surface area contributed by atoms with Crippen LogP contribution in [0.5, 0.6) is 0 Å². The normalized spacial score (nSPS) is 12.4. The molecule has 1 heterocycles. The Balaban J connectivity index is 2.54. The van der Waals surface area contributed by atoms with Crippen LogP contribution in [0.4, 0.5) is 4.39 Å². The molecular weight excluding hydrogens is 235 g/mol. The van der Waals surface area contributed by atoms with Gasteiger partial charge in [0.2, 0.25) is 6.17 Å². The largest absolute Gasteiger partial charge is 0.479 e. The van der Waals surface area contributed by atoms with Crippen LogP contribution in [0.3, 0.4) is 0 Å². The summed E-state index contributed by atoms with van der Waals surface area (Å²) in [6, 6.07) is 9.21. The number of hydrogen-bond acceptors (Lipinski definition) is 2. The van der Waals surface area contributed by atoms with Crippen molar-refractivity contribution in [2.45, 2.75) is 20.0 Å². The Labute approximate surface area is 104 Å². The van der Waals surface area contributed by atoms with Gasteiger partial charge in [0, 0.05) is 11.3 Å². The molecule has 1 aromatic carbocycles. The lowest BCUT2D eigenvalue weighted by molar-refractivity contribution is -0.143. The molecule has 0 aliphatic rings. The molecule has 1 aromatic heterocycles. The van der Waals surface area contributed by atoms with Crippen molar-refractivity contribution in [2.24, 2.45) is 0 Å². The van der Waals surface area contributed by atoms with Crippen LogP contribution in [-0.2, 0) is 4.79 Å². The van der Waals surface area contributed by atoms with Crippen LogP contribution < -0.4 is 0 Å². The molecule has 1 N–H and O–H groups in total. The van der Waals surface area contributed by atoms with Crippen molar-refractivity contribution in [3.63, 3.8) is 0 Å². The quantitative estimate of drug-likeness (QED) is 0.908. The highest BCUT2D eigenvalue weighted by atomic mass is 19.1. The fourth-order valence-electron chi connectivity index (χ4n) is 1.97. The number of benzene rings is 1. The fourth-order valence-corrected chi connectivity index (χ4v) is 1.97. The number of aromatic nitrogens is 2. The number of para-hydroxylation sites is 1. The van der Waals surface area contributed by atoms with E-state index in [1.54, 1.807) is 18.5 Å². The smallest absolute Gasteiger partial charge is 0.343 e. The number of rotatable bonds is 3. The molecule has 0 aliphatic carbocycles. The van der Waals surface area contributed by atoms with Crippen LogP contribution in [0.15, 0.2) is 30.3 Å². The van der Waals surface area contributed by atoms with E-state index >= 15 is 0 Å².